The Hall–Kier alpha value is -2.30. The van der Waals surface area contributed by atoms with Crippen LogP contribution in [0.5, 0.6) is 0 Å². The van der Waals surface area contributed by atoms with E-state index in [0.29, 0.717) is 25.9 Å². The van der Waals surface area contributed by atoms with E-state index >= 15 is 0 Å². The molecule has 0 saturated carbocycles. The largest absolute Gasteiger partial charge is 0.315 e. The second kappa shape index (κ2) is 10.5. The first-order chi connectivity index (χ1) is 11.8. The van der Waals surface area contributed by atoms with Crippen LogP contribution in [-0.2, 0) is 0 Å². The third-order valence-corrected chi connectivity index (χ3v) is 3.73. The summed E-state index contributed by atoms with van der Waals surface area (Å²) in [4.78, 5) is 23.8. The fourth-order valence-electron chi connectivity index (χ4n) is 2.37. The summed E-state index contributed by atoms with van der Waals surface area (Å²) in [5.41, 5.74) is 1.52. The zero-order valence-electron chi connectivity index (χ0n) is 13.8. The highest BCUT2D eigenvalue weighted by Crippen LogP contribution is 2.02. The van der Waals surface area contributed by atoms with Crippen LogP contribution in [0.3, 0.4) is 0 Å². The highest BCUT2D eigenvalue weighted by Gasteiger charge is 2.05. The van der Waals surface area contributed by atoms with Crippen LogP contribution in [0.2, 0.25) is 0 Å². The molecule has 0 radical (unpaired) electrons. The van der Waals surface area contributed by atoms with Gasteiger partial charge in [-0.1, -0.05) is 60.7 Å². The highest BCUT2D eigenvalue weighted by molar-refractivity contribution is 5.96. The minimum Gasteiger partial charge on any atom is -0.315 e. The highest BCUT2D eigenvalue weighted by atomic mass is 16.1. The molecule has 0 aliphatic rings. The average molecular weight is 324 g/mol. The molecule has 2 aromatic carbocycles. The fourth-order valence-corrected chi connectivity index (χ4v) is 2.37. The van der Waals surface area contributed by atoms with Gasteiger partial charge in [0.15, 0.2) is 11.6 Å². The summed E-state index contributed by atoms with van der Waals surface area (Å²) in [7, 11) is 0. The van der Waals surface area contributed by atoms with Crippen molar-refractivity contribution in [1.29, 1.82) is 0 Å². The number of hydrogen-bond acceptors (Lipinski definition) is 4. The maximum absolute atomic E-state index is 11.9. The standard InChI is InChI=1S/C20H24N2O2/c23-19(17-7-3-1-4-8-17)11-13-21-15-16-22-14-12-20(24)18-9-5-2-6-10-18/h1-10,21-22H,11-16H2. The molecule has 4 nitrogen and oxygen atoms in total. The fraction of sp³-hybridized carbons (Fsp3) is 0.300. The summed E-state index contributed by atoms with van der Waals surface area (Å²) in [5, 5.41) is 6.48. The molecular weight excluding hydrogens is 300 g/mol. The Morgan fingerprint density at radius 2 is 0.958 bits per heavy atom. The third kappa shape index (κ3) is 6.44. The minimum absolute atomic E-state index is 0.157. The van der Waals surface area contributed by atoms with E-state index < -0.39 is 0 Å². The van der Waals surface area contributed by atoms with Gasteiger partial charge >= 0.3 is 0 Å². The van der Waals surface area contributed by atoms with Gasteiger partial charge in [-0.3, -0.25) is 9.59 Å². The van der Waals surface area contributed by atoms with Crippen molar-refractivity contribution in [3.05, 3.63) is 71.8 Å². The summed E-state index contributed by atoms with van der Waals surface area (Å²) in [5.74, 6) is 0.314. The van der Waals surface area contributed by atoms with Crippen molar-refractivity contribution in [3.63, 3.8) is 0 Å². The first-order valence-corrected chi connectivity index (χ1v) is 8.35. The van der Waals surface area contributed by atoms with Crippen molar-refractivity contribution < 1.29 is 9.59 Å². The van der Waals surface area contributed by atoms with E-state index in [9.17, 15) is 9.59 Å². The number of benzene rings is 2. The van der Waals surface area contributed by atoms with Crippen molar-refractivity contribution in [2.45, 2.75) is 12.8 Å². The summed E-state index contributed by atoms with van der Waals surface area (Å²) in [6.07, 6.45) is 0.993. The van der Waals surface area contributed by atoms with E-state index in [1.807, 2.05) is 60.7 Å². The van der Waals surface area contributed by atoms with Crippen LogP contribution < -0.4 is 10.6 Å². The van der Waals surface area contributed by atoms with E-state index in [1.54, 1.807) is 0 Å². The normalized spacial score (nSPS) is 10.5. The van der Waals surface area contributed by atoms with Crippen LogP contribution >= 0.6 is 0 Å². The molecular formula is C20H24N2O2. The van der Waals surface area contributed by atoms with Gasteiger partial charge in [0.05, 0.1) is 0 Å². The lowest BCUT2D eigenvalue weighted by atomic mass is 10.1. The van der Waals surface area contributed by atoms with Crippen LogP contribution in [0.25, 0.3) is 0 Å². The van der Waals surface area contributed by atoms with Gasteiger partial charge in [0, 0.05) is 50.1 Å². The number of nitrogens with one attached hydrogen (secondary N) is 2. The monoisotopic (exact) mass is 324 g/mol. The molecule has 0 spiro atoms. The second-order valence-corrected chi connectivity index (χ2v) is 5.58. The quantitative estimate of drug-likeness (QED) is 0.493. The predicted molar refractivity (Wildman–Crippen MR) is 96.5 cm³/mol. The number of carbonyl (C=O) groups is 2. The predicted octanol–water partition coefficient (Wildman–Crippen LogP) is 2.71. The molecule has 2 rings (SSSR count). The maximum atomic E-state index is 11.9. The van der Waals surface area contributed by atoms with Crippen LogP contribution in [0.15, 0.2) is 60.7 Å². The molecule has 0 atom stereocenters. The average Bonchev–Trinajstić information content (AvgIpc) is 2.65. The third-order valence-electron chi connectivity index (χ3n) is 3.73. The topological polar surface area (TPSA) is 58.2 Å². The first-order valence-electron chi connectivity index (χ1n) is 8.35. The number of carbonyl (C=O) groups excluding carboxylic acids is 2. The molecule has 126 valence electrons. The summed E-state index contributed by atoms with van der Waals surface area (Å²) in [6, 6.07) is 18.7. The Kier molecular flexibility index (Phi) is 7.87. The molecule has 0 unspecified atom stereocenters. The Balaban J connectivity index is 1.48. The molecule has 0 heterocycles. The van der Waals surface area contributed by atoms with Gasteiger partial charge in [-0.2, -0.15) is 0 Å². The van der Waals surface area contributed by atoms with Crippen molar-refractivity contribution in [2.24, 2.45) is 0 Å². The van der Waals surface area contributed by atoms with E-state index in [4.69, 9.17) is 0 Å². The van der Waals surface area contributed by atoms with Crippen LogP contribution in [0.1, 0.15) is 33.6 Å². The molecule has 24 heavy (non-hydrogen) atoms. The molecule has 0 fully saturated rings. The number of rotatable bonds is 11. The molecule has 0 aliphatic heterocycles. The molecule has 0 bridgehead atoms. The smallest absolute Gasteiger partial charge is 0.164 e. The number of ketones is 2. The van der Waals surface area contributed by atoms with Gasteiger partial charge in [-0.15, -0.1) is 0 Å². The van der Waals surface area contributed by atoms with Gasteiger partial charge in [0.1, 0.15) is 0 Å². The molecule has 2 N–H and O–H groups in total. The molecule has 4 heteroatoms. The van der Waals surface area contributed by atoms with Gasteiger partial charge < -0.3 is 10.6 Å². The Labute approximate surface area is 143 Å². The van der Waals surface area contributed by atoms with Crippen molar-refractivity contribution in [2.75, 3.05) is 26.2 Å². The van der Waals surface area contributed by atoms with E-state index in [-0.39, 0.29) is 11.6 Å². The van der Waals surface area contributed by atoms with Crippen LogP contribution in [-0.4, -0.2) is 37.7 Å². The summed E-state index contributed by atoms with van der Waals surface area (Å²) < 4.78 is 0. The molecule has 0 aromatic heterocycles. The van der Waals surface area contributed by atoms with Crippen LogP contribution in [0, 0.1) is 0 Å². The maximum Gasteiger partial charge on any atom is 0.164 e. The Bertz CT molecular complexity index is 569. The van der Waals surface area contributed by atoms with E-state index in [0.717, 1.165) is 24.2 Å². The molecule has 0 saturated heterocycles. The van der Waals surface area contributed by atoms with Gasteiger partial charge in [0.2, 0.25) is 0 Å². The van der Waals surface area contributed by atoms with Gasteiger partial charge in [-0.25, -0.2) is 0 Å². The van der Waals surface area contributed by atoms with Crippen LogP contribution in [0.4, 0.5) is 0 Å². The minimum atomic E-state index is 0.157. The Morgan fingerprint density at radius 1 is 0.583 bits per heavy atom. The zero-order valence-corrected chi connectivity index (χ0v) is 13.8. The second-order valence-electron chi connectivity index (χ2n) is 5.58. The van der Waals surface area contributed by atoms with E-state index in [1.165, 1.54) is 0 Å². The lowest BCUT2D eigenvalue weighted by molar-refractivity contribution is 0.0973. The van der Waals surface area contributed by atoms with E-state index in [2.05, 4.69) is 10.6 Å². The van der Waals surface area contributed by atoms with Gasteiger partial charge in [-0.05, 0) is 0 Å². The molecule has 0 amide bonds. The summed E-state index contributed by atoms with van der Waals surface area (Å²) in [6.45, 7) is 2.89. The van der Waals surface area contributed by atoms with Crippen molar-refractivity contribution >= 4 is 11.6 Å². The lowest BCUT2D eigenvalue weighted by Crippen LogP contribution is -2.30. The zero-order chi connectivity index (χ0) is 17.0. The number of hydrogen-bond donors (Lipinski definition) is 2. The SMILES string of the molecule is O=C(CCNCCNCCC(=O)c1ccccc1)c1ccccc1. The lowest BCUT2D eigenvalue weighted by Gasteiger charge is -2.06. The van der Waals surface area contributed by atoms with Crippen molar-refractivity contribution in [1.82, 2.24) is 10.6 Å². The van der Waals surface area contributed by atoms with Gasteiger partial charge in [0.25, 0.3) is 0 Å². The Morgan fingerprint density at radius 3 is 1.33 bits per heavy atom. The summed E-state index contributed by atoms with van der Waals surface area (Å²) >= 11 is 0. The van der Waals surface area contributed by atoms with Crippen molar-refractivity contribution in [3.8, 4) is 0 Å². The first kappa shape index (κ1) is 18.0. The number of Topliss-reactive ketones (excluding diaryl/α,β-unsaturated/α-hetero) is 2. The molecule has 0 aliphatic carbocycles. The molecule has 2 aromatic rings.